The molecular formula is C17H15NO3. The fraction of sp³-hybridized carbons (Fsp3) is 0.353. The maximum absolute atomic E-state index is 12.7. The van der Waals surface area contributed by atoms with Gasteiger partial charge in [0.15, 0.2) is 5.78 Å². The molecule has 2 amide bonds. The largest absolute Gasteiger partial charge is 0.294 e. The number of hydrogen-bond donors (Lipinski definition) is 0. The van der Waals surface area contributed by atoms with Gasteiger partial charge in [0, 0.05) is 5.56 Å². The second-order valence-corrected chi connectivity index (χ2v) is 6.09. The molecule has 2 bridgehead atoms. The number of para-hydroxylation sites is 1. The normalized spacial score (nSPS) is 32.9. The van der Waals surface area contributed by atoms with Gasteiger partial charge in [-0.2, -0.15) is 0 Å². The van der Waals surface area contributed by atoms with E-state index in [9.17, 15) is 14.4 Å². The van der Waals surface area contributed by atoms with Crippen molar-refractivity contribution in [1.82, 2.24) is 0 Å². The molecule has 1 aromatic rings. The van der Waals surface area contributed by atoms with Crippen LogP contribution in [0.5, 0.6) is 0 Å². The van der Waals surface area contributed by atoms with Crippen molar-refractivity contribution >= 4 is 23.3 Å². The number of carbonyl (C=O) groups is 3. The molecule has 4 nitrogen and oxygen atoms in total. The molecule has 106 valence electrons. The summed E-state index contributed by atoms with van der Waals surface area (Å²) < 4.78 is 0. The van der Waals surface area contributed by atoms with Gasteiger partial charge in [-0.05, 0) is 37.3 Å². The number of benzene rings is 1. The quantitative estimate of drug-likeness (QED) is 0.474. The molecule has 1 heterocycles. The van der Waals surface area contributed by atoms with Gasteiger partial charge in [-0.3, -0.25) is 14.4 Å². The number of fused-ring (bicyclic) bond motifs is 5. The highest BCUT2D eigenvalue weighted by Crippen LogP contribution is 2.53. The first kappa shape index (κ1) is 12.5. The highest BCUT2D eigenvalue weighted by molar-refractivity contribution is 6.24. The summed E-state index contributed by atoms with van der Waals surface area (Å²) in [7, 11) is 0. The Hall–Kier alpha value is -2.23. The van der Waals surface area contributed by atoms with Crippen LogP contribution < -0.4 is 4.90 Å². The summed E-state index contributed by atoms with van der Waals surface area (Å²) in [6, 6.07) is 6.85. The van der Waals surface area contributed by atoms with E-state index < -0.39 is 0 Å². The minimum absolute atomic E-state index is 0.135. The average Bonchev–Trinajstić information content (AvgIpc) is 3.13. The highest BCUT2D eigenvalue weighted by atomic mass is 16.2. The second kappa shape index (κ2) is 4.13. The summed E-state index contributed by atoms with van der Waals surface area (Å²) in [5, 5.41) is 0. The highest BCUT2D eigenvalue weighted by Gasteiger charge is 2.59. The van der Waals surface area contributed by atoms with Crippen molar-refractivity contribution in [3.63, 3.8) is 0 Å². The lowest BCUT2D eigenvalue weighted by Crippen LogP contribution is -2.34. The van der Waals surface area contributed by atoms with Gasteiger partial charge < -0.3 is 0 Å². The Balaban J connectivity index is 1.80. The lowest BCUT2D eigenvalue weighted by atomic mass is 9.85. The van der Waals surface area contributed by atoms with E-state index in [1.165, 1.54) is 11.8 Å². The molecule has 0 aromatic heterocycles. The van der Waals surface area contributed by atoms with E-state index in [1.54, 1.807) is 24.3 Å². The molecule has 4 atom stereocenters. The van der Waals surface area contributed by atoms with Gasteiger partial charge in [-0.15, -0.1) is 0 Å². The summed E-state index contributed by atoms with van der Waals surface area (Å²) >= 11 is 0. The summed E-state index contributed by atoms with van der Waals surface area (Å²) in [5.74, 6) is -0.507. The minimum atomic E-state index is -0.229. The van der Waals surface area contributed by atoms with Crippen molar-refractivity contribution in [2.75, 3.05) is 4.90 Å². The molecule has 1 saturated carbocycles. The maximum Gasteiger partial charge on any atom is 0.238 e. The van der Waals surface area contributed by atoms with Crippen LogP contribution in [0.2, 0.25) is 0 Å². The number of nitrogens with zero attached hydrogens (tertiary/aromatic N) is 1. The molecule has 0 N–H and O–H groups in total. The number of carbonyl (C=O) groups excluding carboxylic acids is 3. The summed E-state index contributed by atoms with van der Waals surface area (Å²) in [4.78, 5) is 38.5. The topological polar surface area (TPSA) is 54.5 Å². The minimum Gasteiger partial charge on any atom is -0.294 e. The number of hydrogen-bond acceptors (Lipinski definition) is 3. The van der Waals surface area contributed by atoms with Crippen molar-refractivity contribution in [1.29, 1.82) is 0 Å². The molecule has 0 unspecified atom stereocenters. The van der Waals surface area contributed by atoms with Crippen LogP contribution in [0.3, 0.4) is 0 Å². The summed E-state index contributed by atoms with van der Waals surface area (Å²) in [6.45, 7) is 1.45. The summed E-state index contributed by atoms with van der Waals surface area (Å²) in [5.41, 5.74) is 0.869. The van der Waals surface area contributed by atoms with Crippen LogP contribution in [-0.4, -0.2) is 17.6 Å². The number of allylic oxidation sites excluding steroid dienone is 2. The predicted molar refractivity (Wildman–Crippen MR) is 76.7 cm³/mol. The van der Waals surface area contributed by atoms with Crippen LogP contribution in [0.15, 0.2) is 36.4 Å². The van der Waals surface area contributed by atoms with E-state index in [1.807, 2.05) is 0 Å². The third-order valence-corrected chi connectivity index (χ3v) is 4.99. The lowest BCUT2D eigenvalue weighted by Gasteiger charge is -2.19. The molecule has 0 radical (unpaired) electrons. The zero-order valence-corrected chi connectivity index (χ0v) is 11.7. The molecule has 3 aliphatic rings. The van der Waals surface area contributed by atoms with Crippen molar-refractivity contribution in [3.05, 3.63) is 42.0 Å². The molecule has 2 aliphatic carbocycles. The average molecular weight is 281 g/mol. The number of ketones is 1. The van der Waals surface area contributed by atoms with Crippen LogP contribution in [0, 0.1) is 23.7 Å². The molecule has 1 saturated heterocycles. The van der Waals surface area contributed by atoms with Gasteiger partial charge >= 0.3 is 0 Å². The van der Waals surface area contributed by atoms with Gasteiger partial charge in [0.2, 0.25) is 11.8 Å². The van der Waals surface area contributed by atoms with Crippen molar-refractivity contribution in [3.8, 4) is 0 Å². The zero-order chi connectivity index (χ0) is 14.7. The van der Waals surface area contributed by atoms with Gasteiger partial charge in [0.05, 0.1) is 17.5 Å². The van der Waals surface area contributed by atoms with Gasteiger partial charge in [0.25, 0.3) is 0 Å². The zero-order valence-electron chi connectivity index (χ0n) is 11.7. The van der Waals surface area contributed by atoms with Gasteiger partial charge in [-0.25, -0.2) is 4.90 Å². The van der Waals surface area contributed by atoms with Crippen LogP contribution in [-0.2, 0) is 9.59 Å². The monoisotopic (exact) mass is 281 g/mol. The Morgan fingerprint density at radius 3 is 2.19 bits per heavy atom. The van der Waals surface area contributed by atoms with Crippen molar-refractivity contribution in [2.24, 2.45) is 23.7 Å². The SMILES string of the molecule is CC(=O)c1ccccc1N1C(=O)[C@@H]2[C@H](C1=O)[C@H]1C=C[C@H]2C1. The Morgan fingerprint density at radius 1 is 1.05 bits per heavy atom. The fourth-order valence-electron chi connectivity index (χ4n) is 4.11. The molecule has 21 heavy (non-hydrogen) atoms. The molecule has 2 fully saturated rings. The summed E-state index contributed by atoms with van der Waals surface area (Å²) in [6.07, 6.45) is 5.05. The van der Waals surface area contributed by atoms with Crippen molar-refractivity contribution in [2.45, 2.75) is 13.3 Å². The van der Waals surface area contributed by atoms with E-state index in [2.05, 4.69) is 12.2 Å². The fourth-order valence-corrected chi connectivity index (χ4v) is 4.11. The van der Waals surface area contributed by atoms with E-state index in [0.29, 0.717) is 11.3 Å². The third kappa shape index (κ3) is 1.53. The Labute approximate surface area is 122 Å². The number of amides is 2. The predicted octanol–water partition coefficient (Wildman–Crippen LogP) is 2.20. The standard InChI is InChI=1S/C17H15NO3/c1-9(19)12-4-2-3-5-13(12)18-16(20)14-10-6-7-11(8-10)15(14)17(18)21/h2-7,10-11,14-15H,8H2,1H3/t10-,11-,14-,15+/m0/s1. The van der Waals surface area contributed by atoms with Gasteiger partial charge in [0.1, 0.15) is 0 Å². The molecule has 4 rings (SSSR count). The first-order valence-corrected chi connectivity index (χ1v) is 7.25. The number of imide groups is 1. The van der Waals surface area contributed by atoms with Crippen LogP contribution >= 0.6 is 0 Å². The molecule has 0 spiro atoms. The van der Waals surface area contributed by atoms with Crippen LogP contribution in [0.25, 0.3) is 0 Å². The van der Waals surface area contributed by atoms with E-state index >= 15 is 0 Å². The smallest absolute Gasteiger partial charge is 0.238 e. The first-order chi connectivity index (χ1) is 10.1. The third-order valence-electron chi connectivity index (χ3n) is 4.99. The Bertz CT molecular complexity index is 676. The molecule has 1 aromatic carbocycles. The van der Waals surface area contributed by atoms with Crippen molar-refractivity contribution < 1.29 is 14.4 Å². The molecule has 4 heteroatoms. The lowest BCUT2D eigenvalue weighted by molar-refractivity contribution is -0.123. The van der Waals surface area contributed by atoms with Crippen LogP contribution in [0.4, 0.5) is 5.69 Å². The second-order valence-electron chi connectivity index (χ2n) is 6.09. The van der Waals surface area contributed by atoms with E-state index in [4.69, 9.17) is 0 Å². The first-order valence-electron chi connectivity index (χ1n) is 7.25. The van der Waals surface area contributed by atoms with Crippen LogP contribution in [0.1, 0.15) is 23.7 Å². The van der Waals surface area contributed by atoms with E-state index in [0.717, 1.165) is 6.42 Å². The Morgan fingerprint density at radius 2 is 1.62 bits per heavy atom. The van der Waals surface area contributed by atoms with Gasteiger partial charge in [-0.1, -0.05) is 24.3 Å². The molecular weight excluding hydrogens is 266 g/mol. The number of anilines is 1. The Kier molecular flexibility index (Phi) is 2.46. The number of Topliss-reactive ketones (excluding diaryl/α,β-unsaturated/α-hetero) is 1. The number of rotatable bonds is 2. The van der Waals surface area contributed by atoms with E-state index in [-0.39, 0.29) is 41.3 Å². The maximum atomic E-state index is 12.7. The molecule has 1 aliphatic heterocycles.